The molecule has 4 nitrogen and oxygen atoms in total. The van der Waals surface area contributed by atoms with Crippen LogP contribution in [0.15, 0.2) is 70.0 Å². The van der Waals surface area contributed by atoms with Gasteiger partial charge in [-0.25, -0.2) is 4.99 Å². The molecular weight excluding hydrogens is 424 g/mol. The Morgan fingerprint density at radius 3 is 2.61 bits per heavy atom. The summed E-state index contributed by atoms with van der Waals surface area (Å²) in [5.41, 5.74) is 13.4. The molecule has 0 saturated carbocycles. The van der Waals surface area contributed by atoms with Gasteiger partial charge in [0.15, 0.2) is 0 Å². The number of aliphatic imine (C=N–C) groups is 2. The second-order valence-corrected chi connectivity index (χ2v) is 10.4. The minimum atomic E-state index is 0.454. The fourth-order valence-corrected chi connectivity index (χ4v) is 4.87. The molecule has 0 aliphatic carbocycles. The first-order valence-electron chi connectivity index (χ1n) is 11.7. The van der Waals surface area contributed by atoms with Gasteiger partial charge in [0.1, 0.15) is 5.84 Å². The lowest BCUT2D eigenvalue weighted by Gasteiger charge is -2.26. The Bertz CT molecular complexity index is 1130. The summed E-state index contributed by atoms with van der Waals surface area (Å²) in [6.07, 6.45) is 3.03. The summed E-state index contributed by atoms with van der Waals surface area (Å²) in [5.74, 6) is 1.56. The molecule has 0 bridgehead atoms. The first-order valence-corrected chi connectivity index (χ1v) is 12.6. The minimum absolute atomic E-state index is 0.454. The third-order valence-corrected chi connectivity index (χ3v) is 7.14. The molecule has 2 N–H and O–H groups in total. The van der Waals surface area contributed by atoms with Crippen molar-refractivity contribution in [1.82, 2.24) is 4.90 Å². The lowest BCUT2D eigenvalue weighted by atomic mass is 9.85. The van der Waals surface area contributed by atoms with E-state index >= 15 is 0 Å². The standard InChI is InChI=1S/C28H34N4S/c1-19(2)21-9-7-20(8-10-21)16-25-23(13-14-32(3)4)17-22-11-12-24(18-26(22)31-25)30-28(29)27-6-5-15-33-27/h5-12,15,18-19,23H,13-14,16-17H2,1-4H3,(H2,29,30). The molecule has 0 spiro atoms. The van der Waals surface area contributed by atoms with E-state index in [0.29, 0.717) is 17.7 Å². The van der Waals surface area contributed by atoms with Crippen LogP contribution in [0.1, 0.15) is 47.8 Å². The van der Waals surface area contributed by atoms with Crippen molar-refractivity contribution in [2.75, 3.05) is 20.6 Å². The monoisotopic (exact) mass is 458 g/mol. The molecule has 4 rings (SSSR count). The fourth-order valence-electron chi connectivity index (χ4n) is 4.24. The van der Waals surface area contributed by atoms with E-state index in [1.807, 2.05) is 17.5 Å². The largest absolute Gasteiger partial charge is 0.383 e. The molecule has 3 aromatic rings. The van der Waals surface area contributed by atoms with Crippen LogP contribution in [0.5, 0.6) is 0 Å². The average Bonchev–Trinajstić information content (AvgIpc) is 3.33. The van der Waals surface area contributed by atoms with Crippen LogP contribution < -0.4 is 5.73 Å². The van der Waals surface area contributed by atoms with E-state index in [1.54, 1.807) is 11.3 Å². The lowest BCUT2D eigenvalue weighted by Crippen LogP contribution is -2.27. The molecule has 172 valence electrons. The smallest absolute Gasteiger partial charge is 0.141 e. The molecule has 1 aromatic heterocycles. The average molecular weight is 459 g/mol. The highest BCUT2D eigenvalue weighted by Gasteiger charge is 2.24. The van der Waals surface area contributed by atoms with E-state index in [4.69, 9.17) is 10.7 Å². The zero-order valence-electron chi connectivity index (χ0n) is 20.1. The summed E-state index contributed by atoms with van der Waals surface area (Å²) in [6.45, 7) is 5.53. The predicted octanol–water partition coefficient (Wildman–Crippen LogP) is 6.35. The molecule has 2 heterocycles. The molecule has 1 unspecified atom stereocenters. The highest BCUT2D eigenvalue weighted by atomic mass is 32.1. The zero-order valence-corrected chi connectivity index (χ0v) is 20.9. The maximum atomic E-state index is 6.22. The Morgan fingerprint density at radius 2 is 1.94 bits per heavy atom. The van der Waals surface area contributed by atoms with E-state index in [1.165, 1.54) is 22.4 Å². The van der Waals surface area contributed by atoms with Crippen LogP contribution in [-0.2, 0) is 12.8 Å². The normalized spacial score (nSPS) is 16.2. The van der Waals surface area contributed by atoms with Gasteiger partial charge >= 0.3 is 0 Å². The van der Waals surface area contributed by atoms with Gasteiger partial charge in [-0.15, -0.1) is 11.3 Å². The molecule has 1 aliphatic rings. The predicted molar refractivity (Wildman–Crippen MR) is 143 cm³/mol. The van der Waals surface area contributed by atoms with Crippen LogP contribution >= 0.6 is 11.3 Å². The summed E-state index contributed by atoms with van der Waals surface area (Å²) in [6, 6.07) is 19.4. The molecule has 0 saturated heterocycles. The Morgan fingerprint density at radius 1 is 1.15 bits per heavy atom. The van der Waals surface area contributed by atoms with Crippen LogP contribution in [0.4, 0.5) is 11.4 Å². The number of amidine groups is 1. The van der Waals surface area contributed by atoms with E-state index in [9.17, 15) is 0 Å². The second kappa shape index (κ2) is 10.4. The van der Waals surface area contributed by atoms with Crippen LogP contribution in [0, 0.1) is 5.92 Å². The van der Waals surface area contributed by atoms with Gasteiger partial charge in [0.05, 0.1) is 16.3 Å². The van der Waals surface area contributed by atoms with Gasteiger partial charge in [0.25, 0.3) is 0 Å². The summed E-state index contributed by atoms with van der Waals surface area (Å²) in [5, 5.41) is 2.02. The first kappa shape index (κ1) is 23.4. The number of rotatable bonds is 8. The van der Waals surface area contributed by atoms with Crippen LogP contribution in [-0.4, -0.2) is 37.1 Å². The van der Waals surface area contributed by atoms with Crippen molar-refractivity contribution in [1.29, 1.82) is 0 Å². The Hall–Kier alpha value is -2.76. The minimum Gasteiger partial charge on any atom is -0.383 e. The summed E-state index contributed by atoms with van der Waals surface area (Å²) >= 11 is 1.60. The second-order valence-electron chi connectivity index (χ2n) is 9.46. The number of fused-ring (bicyclic) bond motifs is 1. The van der Waals surface area contributed by atoms with Crippen molar-refractivity contribution < 1.29 is 0 Å². The highest BCUT2D eigenvalue weighted by Crippen LogP contribution is 2.34. The van der Waals surface area contributed by atoms with Crippen LogP contribution in [0.2, 0.25) is 0 Å². The molecule has 0 fully saturated rings. The van der Waals surface area contributed by atoms with Crippen molar-refractivity contribution in [2.45, 2.75) is 39.0 Å². The van der Waals surface area contributed by atoms with Gasteiger partial charge in [0, 0.05) is 18.1 Å². The Balaban J connectivity index is 1.62. The molecule has 2 aromatic carbocycles. The number of hydrogen-bond donors (Lipinski definition) is 1. The molecular formula is C28H34N4S. The fraction of sp³-hybridized carbons (Fsp3) is 0.357. The van der Waals surface area contributed by atoms with Crippen molar-refractivity contribution in [3.05, 3.63) is 81.5 Å². The number of benzene rings is 2. The van der Waals surface area contributed by atoms with Crippen molar-refractivity contribution in [2.24, 2.45) is 21.6 Å². The first-order chi connectivity index (χ1) is 15.9. The molecule has 0 radical (unpaired) electrons. The van der Waals surface area contributed by atoms with Crippen LogP contribution in [0.3, 0.4) is 0 Å². The molecule has 33 heavy (non-hydrogen) atoms. The van der Waals surface area contributed by atoms with E-state index in [-0.39, 0.29) is 0 Å². The summed E-state index contributed by atoms with van der Waals surface area (Å²) < 4.78 is 0. The molecule has 1 aliphatic heterocycles. The van der Waals surface area contributed by atoms with Gasteiger partial charge in [-0.3, -0.25) is 4.99 Å². The van der Waals surface area contributed by atoms with Gasteiger partial charge < -0.3 is 10.6 Å². The van der Waals surface area contributed by atoms with E-state index in [2.05, 4.69) is 80.3 Å². The Kier molecular flexibility index (Phi) is 7.41. The highest BCUT2D eigenvalue weighted by molar-refractivity contribution is 7.12. The van der Waals surface area contributed by atoms with Gasteiger partial charge in [-0.2, -0.15) is 0 Å². The summed E-state index contributed by atoms with van der Waals surface area (Å²) in [4.78, 5) is 13.1. The number of nitrogens with two attached hydrogens (primary N) is 1. The van der Waals surface area contributed by atoms with Gasteiger partial charge in [-0.1, -0.05) is 50.2 Å². The number of hydrogen-bond acceptors (Lipinski definition) is 4. The third-order valence-electron chi connectivity index (χ3n) is 6.25. The molecule has 1 atom stereocenters. The maximum absolute atomic E-state index is 6.22. The number of nitrogens with zero attached hydrogens (tertiary/aromatic N) is 3. The lowest BCUT2D eigenvalue weighted by molar-refractivity contribution is 0.376. The summed E-state index contributed by atoms with van der Waals surface area (Å²) in [7, 11) is 4.28. The van der Waals surface area contributed by atoms with E-state index in [0.717, 1.165) is 42.1 Å². The Labute approximate surface area is 201 Å². The van der Waals surface area contributed by atoms with Crippen LogP contribution in [0.25, 0.3) is 0 Å². The SMILES string of the molecule is CC(C)c1ccc(CC2=Nc3cc(N=C(N)c4cccs4)ccc3CC2CCN(C)C)cc1. The van der Waals surface area contributed by atoms with Crippen molar-refractivity contribution in [3.8, 4) is 0 Å². The quantitative estimate of drug-likeness (QED) is 0.316. The van der Waals surface area contributed by atoms with Gasteiger partial charge in [-0.05, 0) is 79.7 Å². The van der Waals surface area contributed by atoms with Gasteiger partial charge in [0.2, 0.25) is 0 Å². The molecule has 5 heteroatoms. The number of thiophene rings is 1. The topological polar surface area (TPSA) is 54.0 Å². The third kappa shape index (κ3) is 5.98. The zero-order chi connectivity index (χ0) is 23.4. The van der Waals surface area contributed by atoms with E-state index < -0.39 is 0 Å². The molecule has 0 amide bonds. The van der Waals surface area contributed by atoms with Crippen molar-refractivity contribution in [3.63, 3.8) is 0 Å². The van der Waals surface area contributed by atoms with Crippen molar-refractivity contribution >= 4 is 34.3 Å². The maximum Gasteiger partial charge on any atom is 0.141 e.